The summed E-state index contributed by atoms with van der Waals surface area (Å²) in [5.41, 5.74) is 1.50. The van der Waals surface area contributed by atoms with Gasteiger partial charge in [0.2, 0.25) is 5.88 Å². The molecule has 0 aromatic carbocycles. The average Bonchev–Trinajstić information content (AvgIpc) is 3.08. The van der Waals surface area contributed by atoms with Gasteiger partial charge in [-0.2, -0.15) is 4.98 Å². The molecular weight excluding hydrogens is 292 g/mol. The molecule has 0 spiro atoms. The second-order valence-electron chi connectivity index (χ2n) is 4.70. The van der Waals surface area contributed by atoms with Crippen LogP contribution in [0.1, 0.15) is 24.6 Å². The number of nitrogens with zero attached hydrogens (tertiary/aromatic N) is 6. The van der Waals surface area contributed by atoms with Gasteiger partial charge in [0.25, 0.3) is 0 Å². The van der Waals surface area contributed by atoms with Gasteiger partial charge in [-0.1, -0.05) is 0 Å². The van der Waals surface area contributed by atoms with E-state index in [-0.39, 0.29) is 6.04 Å². The summed E-state index contributed by atoms with van der Waals surface area (Å²) in [6, 6.07) is 3.57. The summed E-state index contributed by atoms with van der Waals surface area (Å²) in [6.07, 6.45) is 1.67. The van der Waals surface area contributed by atoms with Crippen LogP contribution in [-0.4, -0.2) is 36.4 Å². The molecule has 0 aliphatic heterocycles. The fraction of sp³-hybridized carbons (Fsp3) is 0.385. The third-order valence-corrected chi connectivity index (χ3v) is 3.66. The van der Waals surface area contributed by atoms with Crippen LogP contribution in [0.3, 0.4) is 0 Å². The molecule has 3 rings (SSSR count). The van der Waals surface area contributed by atoms with E-state index >= 15 is 0 Å². The van der Waals surface area contributed by atoms with Crippen molar-refractivity contribution in [3.63, 3.8) is 0 Å². The zero-order chi connectivity index (χ0) is 15.0. The number of pyridine rings is 1. The van der Waals surface area contributed by atoms with Crippen molar-refractivity contribution in [3.05, 3.63) is 30.1 Å². The molecule has 0 aliphatic carbocycles. The van der Waals surface area contributed by atoms with Gasteiger partial charge in [-0.25, -0.2) is 4.98 Å². The molecule has 1 atom stereocenters. The summed E-state index contributed by atoms with van der Waals surface area (Å²) in [7, 11) is 3.49. The number of ether oxygens (including phenoxy) is 1. The summed E-state index contributed by atoms with van der Waals surface area (Å²) in [5.74, 6) is 2.38. The van der Waals surface area contributed by atoms with Crippen LogP contribution in [0, 0.1) is 0 Å². The van der Waals surface area contributed by atoms with Crippen molar-refractivity contribution in [2.45, 2.75) is 18.8 Å². The highest BCUT2D eigenvalue weighted by Crippen LogP contribution is 2.26. The average molecular weight is 307 g/mol. The molecular formula is C13H15ClN6O. The van der Waals surface area contributed by atoms with Crippen LogP contribution in [0.4, 0.5) is 0 Å². The lowest BCUT2D eigenvalue weighted by molar-refractivity contribution is 0.398. The summed E-state index contributed by atoms with van der Waals surface area (Å²) in [5, 5.41) is 8.08. The first-order valence-electron chi connectivity index (χ1n) is 6.47. The number of fused-ring (bicyclic) bond motifs is 1. The zero-order valence-electron chi connectivity index (χ0n) is 12.0. The molecule has 0 amide bonds. The maximum atomic E-state index is 6.04. The first-order chi connectivity index (χ1) is 10.2. The first kappa shape index (κ1) is 13.8. The van der Waals surface area contributed by atoms with E-state index in [4.69, 9.17) is 16.3 Å². The number of hydrogen-bond acceptors (Lipinski definition) is 5. The van der Waals surface area contributed by atoms with Crippen LogP contribution >= 0.6 is 11.6 Å². The minimum atomic E-state index is -0.0872. The lowest BCUT2D eigenvalue weighted by atomic mass is 10.3. The highest BCUT2D eigenvalue weighted by molar-refractivity contribution is 6.16. The minimum absolute atomic E-state index is 0.0872. The Hall–Kier alpha value is -2.15. The Morgan fingerprint density at radius 1 is 1.33 bits per heavy atom. The van der Waals surface area contributed by atoms with Gasteiger partial charge >= 0.3 is 0 Å². The Labute approximate surface area is 126 Å². The Morgan fingerprint density at radius 2 is 2.14 bits per heavy atom. The number of aryl methyl sites for hydroxylation is 1. The van der Waals surface area contributed by atoms with E-state index in [0.29, 0.717) is 11.8 Å². The fourth-order valence-electron chi connectivity index (χ4n) is 2.40. The summed E-state index contributed by atoms with van der Waals surface area (Å²) in [4.78, 5) is 9.01. The van der Waals surface area contributed by atoms with Crippen LogP contribution in [0.2, 0.25) is 0 Å². The first-order valence-corrected chi connectivity index (χ1v) is 7.01. The van der Waals surface area contributed by atoms with Crippen molar-refractivity contribution in [1.29, 1.82) is 0 Å². The molecule has 7 nitrogen and oxygen atoms in total. The minimum Gasteiger partial charge on any atom is -0.481 e. The molecule has 0 bridgehead atoms. The van der Waals surface area contributed by atoms with Gasteiger partial charge < -0.3 is 13.9 Å². The third kappa shape index (κ3) is 2.23. The highest BCUT2D eigenvalue weighted by Gasteiger charge is 2.21. The molecule has 3 aromatic rings. The van der Waals surface area contributed by atoms with E-state index in [9.17, 15) is 0 Å². The van der Waals surface area contributed by atoms with Crippen LogP contribution in [0.25, 0.3) is 11.2 Å². The smallest absolute Gasteiger partial charge is 0.215 e. The van der Waals surface area contributed by atoms with Crippen molar-refractivity contribution in [2.75, 3.05) is 7.11 Å². The van der Waals surface area contributed by atoms with Crippen LogP contribution < -0.4 is 4.74 Å². The van der Waals surface area contributed by atoms with Crippen molar-refractivity contribution in [1.82, 2.24) is 29.3 Å². The maximum absolute atomic E-state index is 6.04. The van der Waals surface area contributed by atoms with Crippen molar-refractivity contribution in [2.24, 2.45) is 7.05 Å². The molecule has 8 heteroatoms. The van der Waals surface area contributed by atoms with E-state index in [2.05, 4.69) is 20.2 Å². The van der Waals surface area contributed by atoms with Crippen molar-refractivity contribution >= 4 is 22.8 Å². The zero-order valence-corrected chi connectivity index (χ0v) is 12.7. The van der Waals surface area contributed by atoms with E-state index in [1.54, 1.807) is 19.5 Å². The Kier molecular flexibility index (Phi) is 3.50. The Morgan fingerprint density at radius 3 is 2.76 bits per heavy atom. The Bertz CT molecular complexity index is 780. The second kappa shape index (κ2) is 5.33. The third-order valence-electron chi connectivity index (χ3n) is 3.42. The Balaban J connectivity index is 2.21. The molecule has 0 fully saturated rings. The van der Waals surface area contributed by atoms with Crippen molar-refractivity contribution in [3.8, 4) is 5.88 Å². The lowest BCUT2D eigenvalue weighted by Crippen LogP contribution is -2.14. The highest BCUT2D eigenvalue weighted by atomic mass is 35.5. The predicted molar refractivity (Wildman–Crippen MR) is 78.5 cm³/mol. The summed E-state index contributed by atoms with van der Waals surface area (Å²) >= 11 is 6.04. The van der Waals surface area contributed by atoms with E-state index in [0.717, 1.165) is 22.8 Å². The standard InChI is InChI=1S/C13H15ClN6O/c1-8(12-18-15-7-19(12)2)20-10(6-14)16-9-4-5-11(21-3)17-13(9)20/h4-5,7-8H,6H2,1-3H3. The number of aromatic nitrogens is 6. The SMILES string of the molecule is COc1ccc2nc(CCl)n(C(C)c3nncn3C)c2n1. The van der Waals surface area contributed by atoms with Gasteiger partial charge in [0.15, 0.2) is 11.5 Å². The van der Waals surface area contributed by atoms with Crippen molar-refractivity contribution < 1.29 is 4.74 Å². The van der Waals surface area contributed by atoms with Crippen LogP contribution in [0.5, 0.6) is 5.88 Å². The van der Waals surface area contributed by atoms with Crippen LogP contribution in [0.15, 0.2) is 18.5 Å². The number of hydrogen-bond donors (Lipinski definition) is 0. The lowest BCUT2D eigenvalue weighted by Gasteiger charge is -2.15. The topological polar surface area (TPSA) is 70.7 Å². The largest absolute Gasteiger partial charge is 0.481 e. The number of halogens is 1. The maximum Gasteiger partial charge on any atom is 0.215 e. The molecule has 1 unspecified atom stereocenters. The molecule has 3 heterocycles. The number of alkyl halides is 1. The molecule has 0 N–H and O–H groups in total. The van der Waals surface area contributed by atoms with Gasteiger partial charge in [0, 0.05) is 13.1 Å². The van der Waals surface area contributed by atoms with Gasteiger partial charge in [-0.05, 0) is 13.0 Å². The molecule has 21 heavy (non-hydrogen) atoms. The van der Waals surface area contributed by atoms with Gasteiger partial charge in [0.05, 0.1) is 19.0 Å². The molecule has 0 radical (unpaired) electrons. The van der Waals surface area contributed by atoms with E-state index < -0.39 is 0 Å². The van der Waals surface area contributed by atoms with E-state index in [1.165, 1.54) is 0 Å². The monoisotopic (exact) mass is 306 g/mol. The second-order valence-corrected chi connectivity index (χ2v) is 4.97. The number of imidazole rings is 1. The van der Waals surface area contributed by atoms with Gasteiger partial charge in [-0.15, -0.1) is 21.8 Å². The summed E-state index contributed by atoms with van der Waals surface area (Å²) < 4.78 is 9.03. The molecule has 0 aliphatic rings. The number of rotatable bonds is 4. The van der Waals surface area contributed by atoms with Gasteiger partial charge in [-0.3, -0.25) is 0 Å². The molecule has 0 saturated heterocycles. The van der Waals surface area contributed by atoms with Crippen LogP contribution in [-0.2, 0) is 12.9 Å². The normalized spacial score (nSPS) is 12.8. The van der Waals surface area contributed by atoms with E-state index in [1.807, 2.05) is 29.2 Å². The fourth-order valence-corrected chi connectivity index (χ4v) is 2.59. The molecule has 0 saturated carbocycles. The molecule has 110 valence electrons. The van der Waals surface area contributed by atoms with Gasteiger partial charge in [0.1, 0.15) is 17.7 Å². The predicted octanol–water partition coefficient (Wildman–Crippen LogP) is 1.92. The quantitative estimate of drug-likeness (QED) is 0.689. The molecule has 3 aromatic heterocycles. The number of methoxy groups -OCH3 is 1. The summed E-state index contributed by atoms with van der Waals surface area (Å²) in [6.45, 7) is 2.02.